The highest BCUT2D eigenvalue weighted by molar-refractivity contribution is 8.03. The summed E-state index contributed by atoms with van der Waals surface area (Å²) in [5, 5.41) is 3.88. The maximum absolute atomic E-state index is 12.7. The van der Waals surface area contributed by atoms with Crippen LogP contribution in [0.3, 0.4) is 0 Å². The van der Waals surface area contributed by atoms with Gasteiger partial charge >= 0.3 is 5.97 Å². The number of likely N-dealkylation sites (tertiary alicyclic amines) is 1. The summed E-state index contributed by atoms with van der Waals surface area (Å²) in [6.45, 7) is 8.49. The number of hydrogen-bond acceptors (Lipinski definition) is 5. The second kappa shape index (κ2) is 11.5. The maximum atomic E-state index is 12.7. The number of piperidine rings is 1. The predicted octanol–water partition coefficient (Wildman–Crippen LogP) is 3.86. The zero-order chi connectivity index (χ0) is 19.6. The summed E-state index contributed by atoms with van der Waals surface area (Å²) in [6.07, 6.45) is 10.2. The van der Waals surface area contributed by atoms with Crippen molar-refractivity contribution in [3.05, 3.63) is 23.3 Å². The molecule has 27 heavy (non-hydrogen) atoms. The average molecular weight is 395 g/mol. The van der Waals surface area contributed by atoms with Gasteiger partial charge in [0.15, 0.2) is 0 Å². The van der Waals surface area contributed by atoms with Gasteiger partial charge in [-0.3, -0.25) is 9.69 Å². The van der Waals surface area contributed by atoms with Crippen molar-refractivity contribution in [1.29, 1.82) is 0 Å². The molecule has 152 valence electrons. The Kier molecular flexibility index (Phi) is 9.42. The lowest BCUT2D eigenvalue weighted by atomic mass is 9.99. The van der Waals surface area contributed by atoms with Gasteiger partial charge in [-0.05, 0) is 51.1 Å². The molecule has 2 aliphatic rings. The maximum Gasteiger partial charge on any atom is 0.336 e. The van der Waals surface area contributed by atoms with Gasteiger partial charge in [0.25, 0.3) is 0 Å². The highest BCUT2D eigenvalue weighted by atomic mass is 32.2. The monoisotopic (exact) mass is 394 g/mol. The van der Waals surface area contributed by atoms with Crippen molar-refractivity contribution in [2.75, 3.05) is 26.7 Å². The molecule has 0 aromatic heterocycles. The van der Waals surface area contributed by atoms with Crippen LogP contribution in [-0.2, 0) is 14.3 Å². The minimum absolute atomic E-state index is 0.0478. The molecule has 1 fully saturated rings. The summed E-state index contributed by atoms with van der Waals surface area (Å²) in [7, 11) is 1.40. The van der Waals surface area contributed by atoms with Gasteiger partial charge in [-0.2, -0.15) is 0 Å². The van der Waals surface area contributed by atoms with Crippen molar-refractivity contribution < 1.29 is 14.3 Å². The summed E-state index contributed by atoms with van der Waals surface area (Å²) >= 11 is 1.54. The number of rotatable bonds is 5. The van der Waals surface area contributed by atoms with Crippen LogP contribution >= 0.6 is 11.8 Å². The minimum atomic E-state index is -0.340. The molecule has 0 aliphatic carbocycles. The van der Waals surface area contributed by atoms with E-state index in [0.717, 1.165) is 64.0 Å². The summed E-state index contributed by atoms with van der Waals surface area (Å²) in [5.41, 5.74) is 0.594. The molecule has 2 rings (SSSR count). The van der Waals surface area contributed by atoms with Crippen LogP contribution in [0.25, 0.3) is 0 Å². The van der Waals surface area contributed by atoms with E-state index in [1.165, 1.54) is 7.11 Å². The summed E-state index contributed by atoms with van der Waals surface area (Å²) in [4.78, 5) is 27.2. The number of esters is 1. The van der Waals surface area contributed by atoms with Crippen molar-refractivity contribution in [2.45, 2.75) is 63.5 Å². The Hall–Kier alpha value is -1.27. The molecule has 6 heteroatoms. The van der Waals surface area contributed by atoms with E-state index in [0.29, 0.717) is 23.6 Å². The van der Waals surface area contributed by atoms with Gasteiger partial charge in [-0.1, -0.05) is 32.3 Å². The van der Waals surface area contributed by atoms with Crippen LogP contribution in [-0.4, -0.2) is 48.8 Å². The lowest BCUT2D eigenvalue weighted by Crippen LogP contribution is -2.41. The van der Waals surface area contributed by atoms with E-state index in [9.17, 15) is 9.59 Å². The quantitative estimate of drug-likeness (QED) is 0.567. The third-order valence-electron chi connectivity index (χ3n) is 5.40. The second-order valence-electron chi connectivity index (χ2n) is 7.65. The molecule has 2 aliphatic heterocycles. The van der Waals surface area contributed by atoms with E-state index in [1.54, 1.807) is 11.8 Å². The van der Waals surface area contributed by atoms with E-state index in [4.69, 9.17) is 4.74 Å². The molecule has 5 nitrogen and oxygen atoms in total. The van der Waals surface area contributed by atoms with Crippen LogP contribution in [0.15, 0.2) is 23.3 Å². The Bertz CT molecular complexity index is 554. The van der Waals surface area contributed by atoms with Crippen LogP contribution in [0, 0.1) is 5.92 Å². The van der Waals surface area contributed by atoms with E-state index >= 15 is 0 Å². The first kappa shape index (κ1) is 22.0. The van der Waals surface area contributed by atoms with Crippen LogP contribution < -0.4 is 5.32 Å². The lowest BCUT2D eigenvalue weighted by Gasteiger charge is -2.29. The first-order valence-electron chi connectivity index (χ1n) is 10.2. The van der Waals surface area contributed by atoms with Gasteiger partial charge in [0, 0.05) is 5.25 Å². The average Bonchev–Trinajstić information content (AvgIpc) is 2.67. The van der Waals surface area contributed by atoms with Crippen molar-refractivity contribution in [1.82, 2.24) is 10.2 Å². The standard InChI is InChI=1S/C21H34N2O3S/c1-4-17-9-7-5-6-8-10-18(21(25)26-3)20(27-17)22-19(24)15-23-13-11-16(2)12-14-23/h4,16-17H,1,5-15H2,2-3H3,(H,22,24)/b20-18+. The van der Waals surface area contributed by atoms with E-state index in [-0.39, 0.29) is 17.1 Å². The smallest absolute Gasteiger partial charge is 0.336 e. The summed E-state index contributed by atoms with van der Waals surface area (Å²) in [5.74, 6) is 0.349. The fourth-order valence-electron chi connectivity index (χ4n) is 3.57. The number of hydrogen-bond donors (Lipinski definition) is 1. The highest BCUT2D eigenvalue weighted by Crippen LogP contribution is 2.31. The Morgan fingerprint density at radius 1 is 1.22 bits per heavy atom. The Morgan fingerprint density at radius 2 is 1.93 bits per heavy atom. The van der Waals surface area contributed by atoms with Gasteiger partial charge in [0.05, 0.1) is 24.3 Å². The zero-order valence-electron chi connectivity index (χ0n) is 16.8. The molecular formula is C21H34N2O3S. The number of nitrogens with zero attached hydrogens (tertiary/aromatic N) is 1. The number of methoxy groups -OCH3 is 1. The number of nitrogens with one attached hydrogen (secondary N) is 1. The summed E-state index contributed by atoms with van der Waals surface area (Å²) in [6, 6.07) is 0. The second-order valence-corrected chi connectivity index (χ2v) is 8.90. The van der Waals surface area contributed by atoms with Gasteiger partial charge in [0.2, 0.25) is 5.91 Å². The largest absolute Gasteiger partial charge is 0.466 e. The van der Waals surface area contributed by atoms with Crippen molar-refractivity contribution >= 4 is 23.6 Å². The van der Waals surface area contributed by atoms with Gasteiger partial charge < -0.3 is 10.1 Å². The highest BCUT2D eigenvalue weighted by Gasteiger charge is 2.24. The first-order valence-corrected chi connectivity index (χ1v) is 11.0. The normalized spacial score (nSPS) is 26.2. The van der Waals surface area contributed by atoms with Gasteiger partial charge in [0.1, 0.15) is 0 Å². The number of amides is 1. The fourth-order valence-corrected chi connectivity index (χ4v) is 4.76. The number of ether oxygens (including phenoxy) is 1. The number of thioether (sulfide) groups is 1. The molecule has 1 amide bonds. The van der Waals surface area contributed by atoms with Crippen LogP contribution in [0.5, 0.6) is 0 Å². The molecule has 1 saturated heterocycles. The van der Waals surface area contributed by atoms with Crippen molar-refractivity contribution in [2.24, 2.45) is 5.92 Å². The zero-order valence-corrected chi connectivity index (χ0v) is 17.6. The molecule has 0 spiro atoms. The molecule has 0 aromatic carbocycles. The fraction of sp³-hybridized carbons (Fsp3) is 0.714. The molecule has 1 atom stereocenters. The van der Waals surface area contributed by atoms with E-state index < -0.39 is 0 Å². The molecule has 0 radical (unpaired) electrons. The van der Waals surface area contributed by atoms with Gasteiger partial charge in [-0.25, -0.2) is 4.79 Å². The molecule has 0 bridgehead atoms. The van der Waals surface area contributed by atoms with Crippen LogP contribution in [0.1, 0.15) is 58.3 Å². The third kappa shape index (κ3) is 7.34. The molecule has 1 unspecified atom stereocenters. The first-order chi connectivity index (χ1) is 13.0. The number of carbonyl (C=O) groups excluding carboxylic acids is 2. The third-order valence-corrected chi connectivity index (χ3v) is 6.71. The molecule has 0 saturated carbocycles. The molecule has 0 aromatic rings. The molecule has 2 heterocycles. The van der Waals surface area contributed by atoms with E-state index in [2.05, 4.69) is 23.7 Å². The predicted molar refractivity (Wildman–Crippen MR) is 111 cm³/mol. The molecular weight excluding hydrogens is 360 g/mol. The van der Waals surface area contributed by atoms with E-state index in [1.807, 2.05) is 6.08 Å². The minimum Gasteiger partial charge on any atom is -0.466 e. The van der Waals surface area contributed by atoms with Crippen molar-refractivity contribution in [3.63, 3.8) is 0 Å². The lowest BCUT2D eigenvalue weighted by molar-refractivity contribution is -0.136. The Morgan fingerprint density at radius 3 is 2.59 bits per heavy atom. The van der Waals surface area contributed by atoms with Gasteiger partial charge in [-0.15, -0.1) is 18.3 Å². The molecule has 1 N–H and O–H groups in total. The Labute approximate surface area is 168 Å². The summed E-state index contributed by atoms with van der Waals surface area (Å²) < 4.78 is 5.00. The Balaban J connectivity index is 2.12. The topological polar surface area (TPSA) is 58.6 Å². The van der Waals surface area contributed by atoms with Crippen molar-refractivity contribution in [3.8, 4) is 0 Å². The SMILES string of the molecule is C=CC1CCCCCC/C(C(=O)OC)=C(/NC(=O)CN2CCC(C)CC2)S1. The van der Waals surface area contributed by atoms with Crippen LogP contribution in [0.4, 0.5) is 0 Å². The number of carbonyl (C=O) groups is 2. The van der Waals surface area contributed by atoms with Crippen LogP contribution in [0.2, 0.25) is 0 Å².